The van der Waals surface area contributed by atoms with E-state index in [9.17, 15) is 14.4 Å². The minimum atomic E-state index is -1.19. The molecule has 0 radical (unpaired) electrons. The van der Waals surface area contributed by atoms with Crippen LogP contribution in [0.15, 0.2) is 78.2 Å². The number of carbonyl (C=O) groups is 3. The van der Waals surface area contributed by atoms with Crippen molar-refractivity contribution in [2.45, 2.75) is 30.6 Å². The number of nitrogens with zero attached hydrogens (tertiary/aromatic N) is 3. The normalized spacial score (nSPS) is 18.0. The third-order valence-corrected chi connectivity index (χ3v) is 6.34. The molecule has 0 aliphatic carbocycles. The number of aromatic nitrogens is 2. The van der Waals surface area contributed by atoms with E-state index in [0.717, 1.165) is 10.6 Å². The Morgan fingerprint density at radius 1 is 1.09 bits per heavy atom. The minimum absolute atomic E-state index is 0.00727. The van der Waals surface area contributed by atoms with E-state index in [1.165, 1.54) is 11.8 Å². The smallest absolute Gasteiger partial charge is 0.322 e. The molecule has 8 nitrogen and oxygen atoms in total. The molecule has 1 aromatic heterocycles. The van der Waals surface area contributed by atoms with Crippen LogP contribution < -0.4 is 10.7 Å². The number of amides is 4. The van der Waals surface area contributed by atoms with Crippen LogP contribution in [0, 0.1) is 0 Å². The molecule has 1 saturated heterocycles. The van der Waals surface area contributed by atoms with Gasteiger partial charge >= 0.3 is 6.03 Å². The zero-order chi connectivity index (χ0) is 22.6. The van der Waals surface area contributed by atoms with Crippen molar-refractivity contribution < 1.29 is 14.4 Å². The number of nitrogens with one attached hydrogen (secondary N) is 2. The summed E-state index contributed by atoms with van der Waals surface area (Å²) in [5.74, 6) is -0.958. The summed E-state index contributed by atoms with van der Waals surface area (Å²) in [5, 5.41) is 4.19. The van der Waals surface area contributed by atoms with E-state index in [-0.39, 0.29) is 5.75 Å². The van der Waals surface area contributed by atoms with Crippen molar-refractivity contribution in [2.24, 2.45) is 0 Å². The molecule has 2 aromatic carbocycles. The van der Waals surface area contributed by atoms with E-state index in [0.29, 0.717) is 23.7 Å². The second kappa shape index (κ2) is 9.27. The van der Waals surface area contributed by atoms with Crippen molar-refractivity contribution in [1.29, 1.82) is 0 Å². The number of hydrogen-bond donors (Lipinski definition) is 2. The summed E-state index contributed by atoms with van der Waals surface area (Å²) in [4.78, 5) is 42.5. The van der Waals surface area contributed by atoms with Crippen LogP contribution in [0.5, 0.6) is 0 Å². The van der Waals surface area contributed by atoms with Crippen molar-refractivity contribution in [3.63, 3.8) is 0 Å². The second-order valence-corrected chi connectivity index (χ2v) is 8.29. The molecule has 0 saturated carbocycles. The molecule has 1 aliphatic rings. The first-order valence-corrected chi connectivity index (χ1v) is 11.2. The zero-order valence-corrected chi connectivity index (χ0v) is 18.3. The molecule has 2 N–H and O–H groups in total. The Labute approximate surface area is 190 Å². The Morgan fingerprint density at radius 2 is 1.78 bits per heavy atom. The number of hydrazine groups is 1. The third-order valence-electron chi connectivity index (χ3n) is 5.33. The molecule has 1 aliphatic heterocycles. The van der Waals surface area contributed by atoms with E-state index in [1.54, 1.807) is 18.3 Å². The van der Waals surface area contributed by atoms with Gasteiger partial charge in [0, 0.05) is 18.9 Å². The van der Waals surface area contributed by atoms with Crippen LogP contribution in [0.2, 0.25) is 0 Å². The van der Waals surface area contributed by atoms with Gasteiger partial charge in [-0.1, -0.05) is 79.3 Å². The lowest BCUT2D eigenvalue weighted by Crippen LogP contribution is -2.49. The molecule has 0 unspecified atom stereocenters. The summed E-state index contributed by atoms with van der Waals surface area (Å²) in [7, 11) is 0. The first-order valence-electron chi connectivity index (χ1n) is 10.2. The number of thioether (sulfide) groups is 1. The Kier molecular flexibility index (Phi) is 6.27. The van der Waals surface area contributed by atoms with Gasteiger partial charge in [0.2, 0.25) is 5.91 Å². The second-order valence-electron chi connectivity index (χ2n) is 7.34. The molecule has 0 spiro atoms. The summed E-state index contributed by atoms with van der Waals surface area (Å²) in [6, 6.07) is 18.3. The van der Waals surface area contributed by atoms with Crippen molar-refractivity contribution in [1.82, 2.24) is 25.3 Å². The number of imidazole rings is 1. The number of rotatable bonds is 8. The summed E-state index contributed by atoms with van der Waals surface area (Å²) in [6.07, 6.45) is 3.88. The molecule has 3 aromatic rings. The molecule has 1 fully saturated rings. The van der Waals surface area contributed by atoms with Gasteiger partial charge in [-0.05, 0) is 17.5 Å². The highest BCUT2D eigenvalue weighted by molar-refractivity contribution is 7.99. The maximum atomic E-state index is 13.1. The third kappa shape index (κ3) is 4.24. The van der Waals surface area contributed by atoms with E-state index >= 15 is 0 Å². The van der Waals surface area contributed by atoms with E-state index < -0.39 is 23.4 Å². The van der Waals surface area contributed by atoms with Gasteiger partial charge in [-0.25, -0.2) is 9.78 Å². The fourth-order valence-electron chi connectivity index (χ4n) is 3.66. The average molecular weight is 450 g/mol. The van der Waals surface area contributed by atoms with E-state index in [2.05, 4.69) is 15.7 Å². The van der Waals surface area contributed by atoms with Crippen LogP contribution in [-0.4, -0.2) is 38.2 Å². The van der Waals surface area contributed by atoms with Gasteiger partial charge < -0.3 is 9.88 Å². The Morgan fingerprint density at radius 3 is 2.47 bits per heavy atom. The van der Waals surface area contributed by atoms with Gasteiger partial charge in [-0.15, -0.1) is 0 Å². The summed E-state index contributed by atoms with van der Waals surface area (Å²) < 4.78 is 1.94. The predicted molar refractivity (Wildman–Crippen MR) is 120 cm³/mol. The fraction of sp³-hybridized carbons (Fsp3) is 0.217. The van der Waals surface area contributed by atoms with Crippen LogP contribution >= 0.6 is 11.8 Å². The maximum Gasteiger partial charge on any atom is 0.344 e. The van der Waals surface area contributed by atoms with Crippen LogP contribution in [0.3, 0.4) is 0 Å². The quantitative estimate of drug-likeness (QED) is 0.407. The minimum Gasteiger partial charge on any atom is -0.322 e. The fourth-order valence-corrected chi connectivity index (χ4v) is 4.41. The number of imide groups is 1. The number of benzene rings is 2. The molecule has 4 amide bonds. The number of carbonyl (C=O) groups excluding carboxylic acids is 3. The molecule has 9 heteroatoms. The lowest BCUT2D eigenvalue weighted by atomic mass is 9.87. The maximum absolute atomic E-state index is 13.1. The van der Waals surface area contributed by atoms with Crippen LogP contribution in [0.25, 0.3) is 0 Å². The standard InChI is InChI=1S/C23H23N5O3S/c1-2-23(18-11-7-4-8-12-18)20(30)28(21(31)25-23)26-19(29)16-32-22-24-13-14-27(22)15-17-9-5-3-6-10-17/h3-14H,2,15-16H2,1H3,(H,25,31)(H,26,29)/t23-/m1/s1. The van der Waals surface area contributed by atoms with Crippen molar-refractivity contribution >= 4 is 29.6 Å². The van der Waals surface area contributed by atoms with Crippen molar-refractivity contribution in [3.8, 4) is 0 Å². The SMILES string of the molecule is CC[C@]1(c2ccccc2)NC(=O)N(NC(=O)CSc2nccn2Cc2ccccc2)C1=O. The first-order chi connectivity index (χ1) is 15.5. The van der Waals surface area contributed by atoms with Gasteiger partial charge in [0.15, 0.2) is 5.16 Å². The van der Waals surface area contributed by atoms with Crippen molar-refractivity contribution in [2.75, 3.05) is 5.75 Å². The van der Waals surface area contributed by atoms with Gasteiger partial charge in [0.25, 0.3) is 5.91 Å². The molecule has 1 atom stereocenters. The topological polar surface area (TPSA) is 96.3 Å². The lowest BCUT2D eigenvalue weighted by molar-refractivity contribution is -0.138. The molecule has 4 rings (SSSR count). The summed E-state index contributed by atoms with van der Waals surface area (Å²) in [6.45, 7) is 2.45. The highest BCUT2D eigenvalue weighted by Gasteiger charge is 2.52. The number of hydrogen-bond acceptors (Lipinski definition) is 5. The Bertz CT molecular complexity index is 1120. The molecular weight excluding hydrogens is 426 g/mol. The first kappa shape index (κ1) is 21.6. The summed E-state index contributed by atoms with van der Waals surface area (Å²) >= 11 is 1.24. The summed E-state index contributed by atoms with van der Waals surface area (Å²) in [5.41, 5.74) is 3.05. The van der Waals surface area contributed by atoms with Gasteiger partial charge in [-0.3, -0.25) is 15.0 Å². The van der Waals surface area contributed by atoms with Crippen LogP contribution in [0.1, 0.15) is 24.5 Å². The van der Waals surface area contributed by atoms with E-state index in [4.69, 9.17) is 0 Å². The lowest BCUT2D eigenvalue weighted by Gasteiger charge is -2.25. The van der Waals surface area contributed by atoms with Gasteiger partial charge in [0.05, 0.1) is 5.75 Å². The zero-order valence-electron chi connectivity index (χ0n) is 17.5. The molecule has 0 bridgehead atoms. The molecule has 164 valence electrons. The average Bonchev–Trinajstić information content (AvgIpc) is 3.36. The molecule has 32 heavy (non-hydrogen) atoms. The van der Waals surface area contributed by atoms with Crippen molar-refractivity contribution in [3.05, 3.63) is 84.2 Å². The highest BCUT2D eigenvalue weighted by atomic mass is 32.2. The highest BCUT2D eigenvalue weighted by Crippen LogP contribution is 2.31. The Hall–Kier alpha value is -3.59. The molecule has 2 heterocycles. The monoisotopic (exact) mass is 449 g/mol. The number of urea groups is 1. The van der Waals surface area contributed by atoms with E-state index in [1.807, 2.05) is 66.2 Å². The Balaban J connectivity index is 1.39. The van der Waals surface area contributed by atoms with Crippen LogP contribution in [-0.2, 0) is 21.7 Å². The predicted octanol–water partition coefficient (Wildman–Crippen LogP) is 2.91. The van der Waals surface area contributed by atoms with Gasteiger partial charge in [0.1, 0.15) is 5.54 Å². The van der Waals surface area contributed by atoms with Gasteiger partial charge in [-0.2, -0.15) is 5.01 Å². The largest absolute Gasteiger partial charge is 0.344 e. The molecular formula is C23H23N5O3S. The van der Waals surface area contributed by atoms with Crippen LogP contribution in [0.4, 0.5) is 4.79 Å².